The van der Waals surface area contributed by atoms with Crippen LogP contribution in [0.5, 0.6) is 0 Å². The van der Waals surface area contributed by atoms with E-state index in [1.54, 1.807) is 16.6 Å². The normalized spacial score (nSPS) is 12.8. The van der Waals surface area contributed by atoms with Gasteiger partial charge in [0, 0.05) is 16.6 Å². The number of halogens is 1. The van der Waals surface area contributed by atoms with Crippen molar-refractivity contribution in [1.82, 2.24) is 19.6 Å². The van der Waals surface area contributed by atoms with E-state index in [0.29, 0.717) is 10.9 Å². The van der Waals surface area contributed by atoms with Crippen LogP contribution in [0.3, 0.4) is 0 Å². The number of nitrogens with zero attached hydrogens (tertiary/aromatic N) is 4. The molecule has 1 aromatic carbocycles. The number of hydrogen-bond donors (Lipinski definition) is 0. The summed E-state index contributed by atoms with van der Waals surface area (Å²) in [4.78, 5) is 8.82. The zero-order valence-electron chi connectivity index (χ0n) is 12.0. The fourth-order valence-corrected chi connectivity index (χ4v) is 3.03. The van der Waals surface area contributed by atoms with Crippen molar-refractivity contribution in [3.05, 3.63) is 53.1 Å². The molecule has 6 heteroatoms. The van der Waals surface area contributed by atoms with E-state index < -0.39 is 0 Å². The van der Waals surface area contributed by atoms with Crippen LogP contribution in [0, 0.1) is 19.7 Å². The maximum atomic E-state index is 13.0. The van der Waals surface area contributed by atoms with Crippen LogP contribution >= 0.6 is 11.8 Å². The second kappa shape index (κ2) is 5.44. The van der Waals surface area contributed by atoms with Gasteiger partial charge in [0.1, 0.15) is 5.82 Å². The van der Waals surface area contributed by atoms with Gasteiger partial charge < -0.3 is 0 Å². The van der Waals surface area contributed by atoms with Crippen molar-refractivity contribution in [2.75, 3.05) is 0 Å². The van der Waals surface area contributed by atoms with Gasteiger partial charge in [-0.3, -0.25) is 0 Å². The van der Waals surface area contributed by atoms with Crippen molar-refractivity contribution in [2.24, 2.45) is 0 Å². The van der Waals surface area contributed by atoms with E-state index in [4.69, 9.17) is 0 Å². The van der Waals surface area contributed by atoms with E-state index in [2.05, 4.69) is 22.0 Å². The van der Waals surface area contributed by atoms with Gasteiger partial charge in [-0.25, -0.2) is 13.9 Å². The molecule has 0 bridgehead atoms. The summed E-state index contributed by atoms with van der Waals surface area (Å²) < 4.78 is 14.7. The van der Waals surface area contributed by atoms with Crippen LogP contribution in [0.4, 0.5) is 4.39 Å². The molecule has 0 saturated heterocycles. The SMILES string of the molecule is Cc1cc(C)n2nc(SC(C)c3ccc(F)cc3)nc2n1. The third-order valence-electron chi connectivity index (χ3n) is 3.22. The van der Waals surface area contributed by atoms with Gasteiger partial charge in [0.2, 0.25) is 5.16 Å². The summed E-state index contributed by atoms with van der Waals surface area (Å²) in [6.45, 7) is 5.97. The van der Waals surface area contributed by atoms with Crippen LogP contribution in [0.15, 0.2) is 35.5 Å². The standard InChI is InChI=1S/C15H15FN4S/c1-9-8-10(2)20-14(17-9)18-15(19-20)21-11(3)12-4-6-13(16)7-5-12/h4-8,11H,1-3H3. The molecule has 21 heavy (non-hydrogen) atoms. The van der Waals surface area contributed by atoms with Gasteiger partial charge in [-0.05, 0) is 44.5 Å². The zero-order chi connectivity index (χ0) is 15.0. The van der Waals surface area contributed by atoms with Gasteiger partial charge >= 0.3 is 0 Å². The number of hydrogen-bond acceptors (Lipinski definition) is 4. The van der Waals surface area contributed by atoms with E-state index in [0.717, 1.165) is 17.0 Å². The molecule has 1 atom stereocenters. The molecule has 108 valence electrons. The van der Waals surface area contributed by atoms with Crippen LogP contribution in [0.25, 0.3) is 5.78 Å². The van der Waals surface area contributed by atoms with Crippen LogP contribution in [-0.4, -0.2) is 19.6 Å². The molecule has 0 aliphatic carbocycles. The Morgan fingerprint density at radius 1 is 1.14 bits per heavy atom. The minimum absolute atomic E-state index is 0.143. The molecule has 2 heterocycles. The maximum Gasteiger partial charge on any atom is 0.253 e. The molecule has 0 spiro atoms. The molecular weight excluding hydrogens is 287 g/mol. The molecule has 0 aliphatic heterocycles. The molecule has 0 fully saturated rings. The number of aryl methyl sites for hydroxylation is 2. The Morgan fingerprint density at radius 2 is 1.86 bits per heavy atom. The number of rotatable bonds is 3. The Hall–Kier alpha value is -1.95. The number of fused-ring (bicyclic) bond motifs is 1. The van der Waals surface area contributed by atoms with Crippen LogP contribution in [0.1, 0.15) is 29.1 Å². The van der Waals surface area contributed by atoms with Crippen molar-refractivity contribution < 1.29 is 4.39 Å². The molecule has 0 amide bonds. The Kier molecular flexibility index (Phi) is 3.63. The predicted octanol–water partition coefficient (Wildman–Crippen LogP) is 3.73. The third kappa shape index (κ3) is 2.90. The average molecular weight is 302 g/mol. The second-order valence-corrected chi connectivity index (χ2v) is 6.26. The van der Waals surface area contributed by atoms with Crippen LogP contribution < -0.4 is 0 Å². The summed E-state index contributed by atoms with van der Waals surface area (Å²) in [5.41, 5.74) is 2.97. The first kappa shape index (κ1) is 14.0. The van der Waals surface area contributed by atoms with Crippen molar-refractivity contribution in [3.8, 4) is 0 Å². The average Bonchev–Trinajstić information content (AvgIpc) is 2.82. The second-order valence-electron chi connectivity index (χ2n) is 4.96. The van der Waals surface area contributed by atoms with Gasteiger partial charge in [-0.15, -0.1) is 5.10 Å². The number of benzene rings is 1. The molecule has 3 rings (SSSR count). The Balaban J connectivity index is 1.87. The summed E-state index contributed by atoms with van der Waals surface area (Å²) in [6, 6.07) is 8.49. The fraction of sp³-hybridized carbons (Fsp3) is 0.267. The molecule has 1 unspecified atom stereocenters. The first-order valence-electron chi connectivity index (χ1n) is 6.66. The molecule has 0 radical (unpaired) electrons. The fourth-order valence-electron chi connectivity index (χ4n) is 2.16. The Morgan fingerprint density at radius 3 is 2.57 bits per heavy atom. The Bertz CT molecular complexity index is 782. The van der Waals surface area contributed by atoms with Crippen LogP contribution in [-0.2, 0) is 0 Å². The Labute approximate surface area is 126 Å². The van der Waals surface area contributed by atoms with E-state index in [1.807, 2.05) is 19.9 Å². The maximum absolute atomic E-state index is 13.0. The molecule has 0 aliphatic rings. The van der Waals surface area contributed by atoms with Crippen molar-refractivity contribution in [3.63, 3.8) is 0 Å². The van der Waals surface area contributed by atoms with Crippen molar-refractivity contribution in [2.45, 2.75) is 31.2 Å². The summed E-state index contributed by atoms with van der Waals surface area (Å²) in [7, 11) is 0. The zero-order valence-corrected chi connectivity index (χ0v) is 12.9. The van der Waals surface area contributed by atoms with Crippen LogP contribution in [0.2, 0.25) is 0 Å². The van der Waals surface area contributed by atoms with E-state index in [-0.39, 0.29) is 11.1 Å². The van der Waals surface area contributed by atoms with Gasteiger partial charge in [0.15, 0.2) is 0 Å². The molecule has 0 saturated carbocycles. The summed E-state index contributed by atoms with van der Waals surface area (Å²) in [5, 5.41) is 5.29. The molecule has 3 aromatic rings. The smallest absolute Gasteiger partial charge is 0.216 e. The number of thioether (sulfide) groups is 1. The van der Waals surface area contributed by atoms with Crippen molar-refractivity contribution in [1.29, 1.82) is 0 Å². The number of aromatic nitrogens is 4. The minimum atomic E-state index is -0.225. The summed E-state index contributed by atoms with van der Waals surface area (Å²) in [5.74, 6) is 0.387. The van der Waals surface area contributed by atoms with Gasteiger partial charge in [0.25, 0.3) is 5.78 Å². The van der Waals surface area contributed by atoms with Crippen molar-refractivity contribution >= 4 is 17.5 Å². The largest absolute Gasteiger partial charge is 0.253 e. The van der Waals surface area contributed by atoms with E-state index in [9.17, 15) is 4.39 Å². The lowest BCUT2D eigenvalue weighted by atomic mass is 10.2. The molecular formula is C15H15FN4S. The first-order valence-corrected chi connectivity index (χ1v) is 7.54. The third-order valence-corrected chi connectivity index (χ3v) is 4.23. The van der Waals surface area contributed by atoms with Gasteiger partial charge in [0.05, 0.1) is 0 Å². The highest BCUT2D eigenvalue weighted by Gasteiger charge is 2.13. The summed E-state index contributed by atoms with van der Waals surface area (Å²) >= 11 is 1.54. The summed E-state index contributed by atoms with van der Waals surface area (Å²) in [6.07, 6.45) is 0. The first-order chi connectivity index (χ1) is 10.0. The van der Waals surface area contributed by atoms with E-state index in [1.165, 1.54) is 23.9 Å². The van der Waals surface area contributed by atoms with E-state index >= 15 is 0 Å². The lowest BCUT2D eigenvalue weighted by molar-refractivity contribution is 0.627. The topological polar surface area (TPSA) is 43.1 Å². The lowest BCUT2D eigenvalue weighted by Gasteiger charge is -2.08. The minimum Gasteiger partial charge on any atom is -0.216 e. The lowest BCUT2D eigenvalue weighted by Crippen LogP contribution is -1.97. The molecule has 4 nitrogen and oxygen atoms in total. The molecule has 2 aromatic heterocycles. The predicted molar refractivity (Wildman–Crippen MR) is 80.9 cm³/mol. The monoisotopic (exact) mass is 302 g/mol. The highest BCUT2D eigenvalue weighted by atomic mass is 32.2. The quantitative estimate of drug-likeness (QED) is 0.691. The molecule has 0 N–H and O–H groups in total. The van der Waals surface area contributed by atoms with Gasteiger partial charge in [-0.1, -0.05) is 23.9 Å². The van der Waals surface area contributed by atoms with Gasteiger partial charge in [-0.2, -0.15) is 4.98 Å². The highest BCUT2D eigenvalue weighted by Crippen LogP contribution is 2.32. The highest BCUT2D eigenvalue weighted by molar-refractivity contribution is 7.99.